The van der Waals surface area contributed by atoms with Gasteiger partial charge in [-0.15, -0.1) is 0 Å². The maximum Gasteiger partial charge on any atom is 0.330 e. The number of unbranched alkanes of at least 4 members (excludes halogenated alkanes) is 9. The second-order valence-electron chi connectivity index (χ2n) is 6.24. The van der Waals surface area contributed by atoms with Crippen molar-refractivity contribution in [1.29, 1.82) is 0 Å². The molecule has 0 unspecified atom stereocenters. The molecule has 0 fully saturated rings. The van der Waals surface area contributed by atoms with Crippen molar-refractivity contribution < 1.29 is 9.53 Å². The molecular formula is C21H33NO2. The molecule has 0 aliphatic rings. The molecule has 0 amide bonds. The number of hydrogen-bond donors (Lipinski definition) is 1. The second-order valence-corrected chi connectivity index (χ2v) is 6.24. The minimum atomic E-state index is -0.253. The van der Waals surface area contributed by atoms with Crippen LogP contribution in [-0.2, 0) is 9.53 Å². The van der Waals surface area contributed by atoms with Crippen LogP contribution in [0.3, 0.4) is 0 Å². The van der Waals surface area contributed by atoms with Gasteiger partial charge in [-0.25, -0.2) is 4.79 Å². The molecule has 1 rings (SSSR count). The van der Waals surface area contributed by atoms with Gasteiger partial charge in [-0.3, -0.25) is 0 Å². The Bertz CT molecular complexity index is 442. The molecule has 0 aliphatic carbocycles. The summed E-state index contributed by atoms with van der Waals surface area (Å²) in [6.07, 6.45) is 15.7. The van der Waals surface area contributed by atoms with E-state index < -0.39 is 0 Å². The Morgan fingerprint density at radius 1 is 0.833 bits per heavy atom. The van der Waals surface area contributed by atoms with Gasteiger partial charge in [0.15, 0.2) is 0 Å². The number of esters is 1. The van der Waals surface area contributed by atoms with Crippen LogP contribution in [0, 0.1) is 0 Å². The summed E-state index contributed by atoms with van der Waals surface area (Å²) < 4.78 is 5.21. The quantitative estimate of drug-likeness (QED) is 0.293. The van der Waals surface area contributed by atoms with Gasteiger partial charge in [-0.2, -0.15) is 0 Å². The molecule has 0 aliphatic heterocycles. The Kier molecular flexibility index (Phi) is 12.7. The summed E-state index contributed by atoms with van der Waals surface area (Å²) in [5.74, 6) is -0.253. The predicted octanol–water partition coefficient (Wildman–Crippen LogP) is 5.10. The number of hydrogen-bond acceptors (Lipinski definition) is 3. The summed E-state index contributed by atoms with van der Waals surface area (Å²) in [6, 6.07) is 9.78. The first kappa shape index (κ1) is 20.4. The fraction of sp³-hybridized carbons (Fsp3) is 0.571. The van der Waals surface area contributed by atoms with E-state index >= 15 is 0 Å². The maximum absolute atomic E-state index is 11.6. The Hall–Kier alpha value is -1.61. The van der Waals surface area contributed by atoms with Gasteiger partial charge >= 0.3 is 5.97 Å². The zero-order valence-electron chi connectivity index (χ0n) is 14.9. The van der Waals surface area contributed by atoms with Crippen LogP contribution in [0.25, 0.3) is 6.08 Å². The van der Waals surface area contributed by atoms with Gasteiger partial charge in [0.25, 0.3) is 0 Å². The highest BCUT2D eigenvalue weighted by molar-refractivity contribution is 5.86. The molecule has 3 nitrogen and oxygen atoms in total. The molecule has 2 N–H and O–H groups in total. The van der Waals surface area contributed by atoms with Crippen LogP contribution in [0.1, 0.15) is 69.8 Å². The SMILES string of the molecule is NCCCCCCCCCCCCOC(=O)C=Cc1ccccc1. The van der Waals surface area contributed by atoms with Crippen molar-refractivity contribution in [3.63, 3.8) is 0 Å². The lowest BCUT2D eigenvalue weighted by molar-refractivity contribution is -0.137. The van der Waals surface area contributed by atoms with Crippen LogP contribution >= 0.6 is 0 Å². The largest absolute Gasteiger partial charge is 0.463 e. The summed E-state index contributed by atoms with van der Waals surface area (Å²) in [6.45, 7) is 1.35. The third-order valence-corrected chi connectivity index (χ3v) is 4.05. The number of carbonyl (C=O) groups excluding carboxylic acids is 1. The van der Waals surface area contributed by atoms with Crippen molar-refractivity contribution in [2.75, 3.05) is 13.2 Å². The van der Waals surface area contributed by atoms with E-state index in [4.69, 9.17) is 10.5 Å². The van der Waals surface area contributed by atoms with E-state index in [1.807, 2.05) is 30.3 Å². The number of benzene rings is 1. The standard InChI is InChI=1S/C21H33NO2/c22-18-12-7-5-3-1-2-4-6-8-13-19-24-21(23)17-16-20-14-10-9-11-15-20/h9-11,14-17H,1-8,12-13,18-19,22H2. The molecule has 134 valence electrons. The van der Waals surface area contributed by atoms with Gasteiger partial charge in [0.1, 0.15) is 0 Å². The molecule has 1 aromatic carbocycles. The van der Waals surface area contributed by atoms with Gasteiger partial charge in [0, 0.05) is 6.08 Å². The minimum Gasteiger partial charge on any atom is -0.463 e. The normalized spacial score (nSPS) is 11.0. The molecule has 0 saturated carbocycles. The highest BCUT2D eigenvalue weighted by atomic mass is 16.5. The fourth-order valence-electron chi connectivity index (χ4n) is 2.61. The van der Waals surface area contributed by atoms with Crippen molar-refractivity contribution in [3.05, 3.63) is 42.0 Å². The summed E-state index contributed by atoms with van der Waals surface area (Å²) in [7, 11) is 0. The van der Waals surface area contributed by atoms with Crippen molar-refractivity contribution in [2.24, 2.45) is 5.73 Å². The molecule has 0 saturated heterocycles. The fourth-order valence-corrected chi connectivity index (χ4v) is 2.61. The first-order chi connectivity index (χ1) is 11.8. The molecule has 0 atom stereocenters. The summed E-state index contributed by atoms with van der Waals surface area (Å²) in [4.78, 5) is 11.6. The summed E-state index contributed by atoms with van der Waals surface area (Å²) in [5, 5.41) is 0. The highest BCUT2D eigenvalue weighted by Crippen LogP contribution is 2.10. The Morgan fingerprint density at radius 3 is 1.96 bits per heavy atom. The third-order valence-electron chi connectivity index (χ3n) is 4.05. The monoisotopic (exact) mass is 331 g/mol. The lowest BCUT2D eigenvalue weighted by Crippen LogP contribution is -2.02. The van der Waals surface area contributed by atoms with E-state index in [0.29, 0.717) is 6.61 Å². The lowest BCUT2D eigenvalue weighted by Gasteiger charge is -2.03. The van der Waals surface area contributed by atoms with Crippen molar-refractivity contribution in [2.45, 2.75) is 64.2 Å². The van der Waals surface area contributed by atoms with E-state index in [9.17, 15) is 4.79 Å². The minimum absolute atomic E-state index is 0.253. The zero-order chi connectivity index (χ0) is 17.3. The number of nitrogens with two attached hydrogens (primary N) is 1. The molecule has 24 heavy (non-hydrogen) atoms. The van der Waals surface area contributed by atoms with Crippen LogP contribution in [0.4, 0.5) is 0 Å². The van der Waals surface area contributed by atoms with Crippen molar-refractivity contribution in [3.8, 4) is 0 Å². The average molecular weight is 332 g/mol. The Balaban J connectivity index is 1.88. The molecular weight excluding hydrogens is 298 g/mol. The second kappa shape index (κ2) is 14.9. The number of rotatable bonds is 14. The molecule has 0 aromatic heterocycles. The van der Waals surface area contributed by atoms with Gasteiger partial charge in [0.05, 0.1) is 6.61 Å². The zero-order valence-corrected chi connectivity index (χ0v) is 14.9. The van der Waals surface area contributed by atoms with Crippen LogP contribution in [0.5, 0.6) is 0 Å². The first-order valence-electron chi connectivity index (χ1n) is 9.43. The van der Waals surface area contributed by atoms with Crippen molar-refractivity contribution >= 4 is 12.0 Å². The van der Waals surface area contributed by atoms with Gasteiger partial charge in [0.2, 0.25) is 0 Å². The van der Waals surface area contributed by atoms with Crippen LogP contribution in [-0.4, -0.2) is 19.1 Å². The number of carbonyl (C=O) groups is 1. The molecule has 3 heteroatoms. The molecule has 1 aromatic rings. The average Bonchev–Trinajstić information content (AvgIpc) is 2.62. The topological polar surface area (TPSA) is 52.3 Å². The van der Waals surface area contributed by atoms with E-state index in [2.05, 4.69) is 0 Å². The van der Waals surface area contributed by atoms with E-state index in [1.54, 1.807) is 6.08 Å². The van der Waals surface area contributed by atoms with E-state index in [-0.39, 0.29) is 5.97 Å². The van der Waals surface area contributed by atoms with Crippen molar-refractivity contribution in [1.82, 2.24) is 0 Å². The summed E-state index contributed by atoms with van der Waals surface area (Å²) in [5.41, 5.74) is 6.49. The predicted molar refractivity (Wildman–Crippen MR) is 102 cm³/mol. The Labute approximate surface area is 147 Å². The van der Waals surface area contributed by atoms with Crippen LogP contribution < -0.4 is 5.73 Å². The van der Waals surface area contributed by atoms with Gasteiger partial charge in [-0.1, -0.05) is 81.7 Å². The van der Waals surface area contributed by atoms with E-state index in [0.717, 1.165) is 24.9 Å². The number of ether oxygens (including phenoxy) is 1. The summed E-state index contributed by atoms with van der Waals surface area (Å²) >= 11 is 0. The van der Waals surface area contributed by atoms with Gasteiger partial charge in [-0.05, 0) is 31.0 Å². The molecule has 0 radical (unpaired) electrons. The lowest BCUT2D eigenvalue weighted by atomic mass is 10.1. The highest BCUT2D eigenvalue weighted by Gasteiger charge is 1.97. The van der Waals surface area contributed by atoms with E-state index in [1.165, 1.54) is 57.4 Å². The molecule has 0 bridgehead atoms. The third kappa shape index (κ3) is 11.9. The maximum atomic E-state index is 11.6. The Morgan fingerprint density at radius 2 is 1.38 bits per heavy atom. The van der Waals surface area contributed by atoms with Crippen LogP contribution in [0.2, 0.25) is 0 Å². The first-order valence-corrected chi connectivity index (χ1v) is 9.43. The molecule has 0 heterocycles. The smallest absolute Gasteiger partial charge is 0.330 e. The molecule has 0 spiro atoms. The van der Waals surface area contributed by atoms with Gasteiger partial charge < -0.3 is 10.5 Å². The van der Waals surface area contributed by atoms with Crippen LogP contribution in [0.15, 0.2) is 36.4 Å².